The van der Waals surface area contributed by atoms with Crippen LogP contribution in [-0.4, -0.2) is 7.11 Å². The second kappa shape index (κ2) is 5.74. The summed E-state index contributed by atoms with van der Waals surface area (Å²) in [6.07, 6.45) is 0.879. The Kier molecular flexibility index (Phi) is 4.29. The molecule has 0 aliphatic rings. The van der Waals surface area contributed by atoms with Crippen molar-refractivity contribution in [1.82, 2.24) is 0 Å². The fourth-order valence-electron chi connectivity index (χ4n) is 1.57. The molecule has 1 aromatic carbocycles. The Morgan fingerprint density at radius 1 is 1.18 bits per heavy atom. The third-order valence-electron chi connectivity index (χ3n) is 2.48. The molecule has 0 aliphatic carbocycles. The van der Waals surface area contributed by atoms with Crippen molar-refractivity contribution in [3.8, 4) is 5.75 Å². The first kappa shape index (κ1) is 12.7. The van der Waals surface area contributed by atoms with E-state index in [4.69, 9.17) is 9.15 Å². The summed E-state index contributed by atoms with van der Waals surface area (Å²) in [5, 5.41) is 0. The van der Waals surface area contributed by atoms with Crippen LogP contribution in [0, 0.1) is 0 Å². The van der Waals surface area contributed by atoms with Gasteiger partial charge in [0.25, 0.3) is 0 Å². The van der Waals surface area contributed by atoms with Gasteiger partial charge in [-0.25, -0.2) is 0 Å². The summed E-state index contributed by atoms with van der Waals surface area (Å²) in [7, 11) is 1.67. The van der Waals surface area contributed by atoms with Gasteiger partial charge >= 0.3 is 0 Å². The number of hydrogen-bond donors (Lipinski definition) is 0. The van der Waals surface area contributed by atoms with Gasteiger partial charge in [-0.05, 0) is 52.2 Å². The van der Waals surface area contributed by atoms with Crippen molar-refractivity contribution in [2.75, 3.05) is 7.11 Å². The normalized spacial score (nSPS) is 12.4. The average molecular weight is 360 g/mol. The summed E-state index contributed by atoms with van der Waals surface area (Å²) in [4.78, 5) is 0.183. The molecule has 0 aliphatic heterocycles. The van der Waals surface area contributed by atoms with E-state index in [2.05, 4.69) is 44.0 Å². The van der Waals surface area contributed by atoms with Crippen LogP contribution >= 0.6 is 31.9 Å². The molecular weight excluding hydrogens is 348 g/mol. The second-order valence-corrected chi connectivity index (χ2v) is 5.55. The van der Waals surface area contributed by atoms with Crippen LogP contribution in [0.5, 0.6) is 5.75 Å². The monoisotopic (exact) mass is 358 g/mol. The lowest BCUT2D eigenvalue weighted by molar-refractivity contribution is 0.414. The lowest BCUT2D eigenvalue weighted by atomic mass is 10.1. The van der Waals surface area contributed by atoms with Gasteiger partial charge < -0.3 is 9.15 Å². The van der Waals surface area contributed by atoms with Gasteiger partial charge in [-0.1, -0.05) is 28.1 Å². The van der Waals surface area contributed by atoms with Crippen LogP contribution in [0.1, 0.15) is 16.2 Å². The minimum Gasteiger partial charge on any atom is -0.497 e. The first-order valence-electron chi connectivity index (χ1n) is 5.21. The number of halogens is 2. The summed E-state index contributed by atoms with van der Waals surface area (Å²) in [6, 6.07) is 11.9. The molecule has 17 heavy (non-hydrogen) atoms. The number of rotatable bonds is 4. The molecule has 2 aromatic rings. The first-order chi connectivity index (χ1) is 8.19. The predicted molar refractivity (Wildman–Crippen MR) is 74.8 cm³/mol. The van der Waals surface area contributed by atoms with Crippen LogP contribution in [0.3, 0.4) is 0 Å². The van der Waals surface area contributed by atoms with Gasteiger partial charge in [0.2, 0.25) is 0 Å². The Labute approximate surface area is 117 Å². The van der Waals surface area contributed by atoms with E-state index < -0.39 is 0 Å². The molecule has 0 saturated heterocycles. The Morgan fingerprint density at radius 2 is 1.88 bits per heavy atom. The molecular formula is C13H12Br2O2. The van der Waals surface area contributed by atoms with E-state index in [0.717, 1.165) is 22.6 Å². The quantitative estimate of drug-likeness (QED) is 0.736. The Bertz CT molecular complexity index is 476. The van der Waals surface area contributed by atoms with Crippen LogP contribution < -0.4 is 4.74 Å². The number of methoxy groups -OCH3 is 1. The number of benzene rings is 1. The fraction of sp³-hybridized carbons (Fsp3) is 0.231. The smallest absolute Gasteiger partial charge is 0.169 e. The van der Waals surface area contributed by atoms with E-state index >= 15 is 0 Å². The summed E-state index contributed by atoms with van der Waals surface area (Å²) in [5.74, 6) is 1.80. The van der Waals surface area contributed by atoms with Crippen LogP contribution in [0.15, 0.2) is 45.5 Å². The van der Waals surface area contributed by atoms with Gasteiger partial charge in [0.15, 0.2) is 4.67 Å². The highest BCUT2D eigenvalue weighted by molar-refractivity contribution is 9.10. The minimum atomic E-state index is 0.183. The van der Waals surface area contributed by atoms with Crippen molar-refractivity contribution in [1.29, 1.82) is 0 Å². The highest BCUT2D eigenvalue weighted by Gasteiger charge is 2.12. The maximum Gasteiger partial charge on any atom is 0.169 e. The predicted octanol–water partition coefficient (Wildman–Crippen LogP) is 4.73. The van der Waals surface area contributed by atoms with Gasteiger partial charge in [-0.3, -0.25) is 0 Å². The molecule has 90 valence electrons. The Hall–Kier alpha value is -0.740. The summed E-state index contributed by atoms with van der Waals surface area (Å²) in [6.45, 7) is 0. The van der Waals surface area contributed by atoms with Crippen LogP contribution in [-0.2, 0) is 6.42 Å². The molecule has 1 aromatic heterocycles. The zero-order chi connectivity index (χ0) is 12.3. The number of furan rings is 1. The van der Waals surface area contributed by atoms with Crippen LogP contribution in [0.4, 0.5) is 0 Å². The SMILES string of the molecule is COc1ccc(CC(Br)c2ccc(Br)o2)cc1. The van der Waals surface area contributed by atoms with E-state index in [1.54, 1.807) is 7.11 Å². The topological polar surface area (TPSA) is 22.4 Å². The van der Waals surface area contributed by atoms with E-state index in [0.29, 0.717) is 0 Å². The molecule has 0 N–H and O–H groups in total. The highest BCUT2D eigenvalue weighted by atomic mass is 79.9. The summed E-state index contributed by atoms with van der Waals surface area (Å²) < 4.78 is 11.4. The first-order valence-corrected chi connectivity index (χ1v) is 6.92. The molecule has 0 radical (unpaired) electrons. The molecule has 1 heterocycles. The standard InChI is InChI=1S/C13H12Br2O2/c1-16-10-4-2-9(3-5-10)8-11(14)12-6-7-13(15)17-12/h2-7,11H,8H2,1H3. The van der Waals surface area contributed by atoms with E-state index in [1.165, 1.54) is 5.56 Å². The molecule has 0 saturated carbocycles. The van der Waals surface area contributed by atoms with Gasteiger partial charge in [-0.15, -0.1) is 0 Å². The molecule has 1 unspecified atom stereocenters. The van der Waals surface area contributed by atoms with Crippen LogP contribution in [0.2, 0.25) is 0 Å². The largest absolute Gasteiger partial charge is 0.497 e. The molecule has 0 fully saturated rings. The van der Waals surface area contributed by atoms with E-state index in [9.17, 15) is 0 Å². The van der Waals surface area contributed by atoms with Crippen molar-refractivity contribution in [3.63, 3.8) is 0 Å². The fourth-order valence-corrected chi connectivity index (χ4v) is 2.50. The molecule has 2 rings (SSSR count). The number of hydrogen-bond acceptors (Lipinski definition) is 2. The van der Waals surface area contributed by atoms with Gasteiger partial charge in [0.05, 0.1) is 11.9 Å². The maximum absolute atomic E-state index is 5.51. The lowest BCUT2D eigenvalue weighted by Gasteiger charge is -2.07. The van der Waals surface area contributed by atoms with Crippen molar-refractivity contribution < 1.29 is 9.15 Å². The van der Waals surface area contributed by atoms with Crippen molar-refractivity contribution >= 4 is 31.9 Å². The second-order valence-electron chi connectivity index (χ2n) is 3.66. The van der Waals surface area contributed by atoms with Crippen molar-refractivity contribution in [2.24, 2.45) is 0 Å². The maximum atomic E-state index is 5.51. The van der Waals surface area contributed by atoms with Gasteiger partial charge in [0.1, 0.15) is 11.5 Å². The minimum absolute atomic E-state index is 0.183. The molecule has 0 amide bonds. The molecule has 4 heteroatoms. The molecule has 0 bridgehead atoms. The van der Waals surface area contributed by atoms with Crippen molar-refractivity contribution in [3.05, 3.63) is 52.4 Å². The van der Waals surface area contributed by atoms with Gasteiger partial charge in [-0.2, -0.15) is 0 Å². The molecule has 2 nitrogen and oxygen atoms in total. The molecule has 0 spiro atoms. The van der Waals surface area contributed by atoms with Crippen LogP contribution in [0.25, 0.3) is 0 Å². The zero-order valence-corrected chi connectivity index (χ0v) is 12.5. The van der Waals surface area contributed by atoms with E-state index in [-0.39, 0.29) is 4.83 Å². The lowest BCUT2D eigenvalue weighted by Crippen LogP contribution is -1.94. The van der Waals surface area contributed by atoms with Crippen molar-refractivity contribution in [2.45, 2.75) is 11.2 Å². The Balaban J connectivity index is 2.04. The number of alkyl halides is 1. The van der Waals surface area contributed by atoms with Gasteiger partial charge in [0, 0.05) is 0 Å². The average Bonchev–Trinajstić information content (AvgIpc) is 2.77. The third-order valence-corrected chi connectivity index (χ3v) is 3.68. The highest BCUT2D eigenvalue weighted by Crippen LogP contribution is 2.30. The van der Waals surface area contributed by atoms with E-state index in [1.807, 2.05) is 24.3 Å². The Morgan fingerprint density at radius 3 is 2.41 bits per heavy atom. The summed E-state index contributed by atoms with van der Waals surface area (Å²) in [5.41, 5.74) is 1.24. The number of ether oxygens (including phenoxy) is 1. The molecule has 1 atom stereocenters. The zero-order valence-electron chi connectivity index (χ0n) is 9.32. The third kappa shape index (κ3) is 3.36. The summed E-state index contributed by atoms with van der Waals surface area (Å²) >= 11 is 6.93.